The number of anilines is 1. The van der Waals surface area contributed by atoms with E-state index in [0.717, 1.165) is 11.8 Å². The van der Waals surface area contributed by atoms with Crippen molar-refractivity contribution in [1.29, 1.82) is 0 Å². The molecule has 5 amide bonds. The van der Waals surface area contributed by atoms with E-state index in [1.165, 1.54) is 80.9 Å². The number of hydroxylamine groups is 1. The number of ether oxygens (including phenoxy) is 12. The van der Waals surface area contributed by atoms with Crippen LogP contribution >= 0.6 is 55.9 Å². The monoisotopic (exact) mass is 1990 g/mol. The van der Waals surface area contributed by atoms with Gasteiger partial charge in [0.2, 0.25) is 29.0 Å². The van der Waals surface area contributed by atoms with E-state index in [9.17, 15) is 78.6 Å². The number of ketones is 4. The van der Waals surface area contributed by atoms with E-state index in [0.29, 0.717) is 52.6 Å². The molecule has 36 nitrogen and oxygen atoms in total. The number of hydrogen-bond acceptors (Lipinski definition) is 33. The summed E-state index contributed by atoms with van der Waals surface area (Å²) in [6, 6.07) is 2.62. The van der Waals surface area contributed by atoms with Crippen LogP contribution in [-0.2, 0) is 87.6 Å². The van der Waals surface area contributed by atoms with Crippen LogP contribution in [0.15, 0.2) is 59.2 Å². The number of rotatable bonds is 46. The maximum Gasteiger partial charge on any atom is 0.410 e. The molecule has 0 radical (unpaired) electrons. The number of Topliss-reactive ketones (excluding diaryl/α,β-unsaturated/α-hetero) is 4. The molecule has 0 aromatic heterocycles. The minimum atomic E-state index is -2.18. The van der Waals surface area contributed by atoms with Gasteiger partial charge in [-0.25, -0.2) is 9.59 Å². The number of fused-ring (bicyclic) bond motifs is 2. The Labute approximate surface area is 783 Å². The highest BCUT2D eigenvalue weighted by molar-refractivity contribution is 14.1. The van der Waals surface area contributed by atoms with Crippen LogP contribution in [0.5, 0.6) is 17.2 Å². The predicted molar refractivity (Wildman–Crippen MR) is 489 cm³/mol. The SMILES string of the molecule is CCN(C(=O)OCc1ccc(NC(=O)[C@H](CCCNC(N)=O)CC(=O)[C@@H](NC(=O)[C@H](CCCCN)CC(C)=O)C(C)C)cc1)[C@H]1CO[C@@H](O[C@H]2[C@H](O[C@H]3C#C/C=C\C#C[C@]4(O)CC(=O)C(CC(C)=O)=C3/C4=C\CSSC(C)(C)CCC(=O)O)O[C@H](C)[C@@H](NO[C@H]3C[C@H](O)[C@H](SC(=O)c4c(C)c(I)c(O[C@@H]5O[C@@H](C)[C@H](O)[C@@H](OC)[C@H]5O)c(OC)c4OC)[C@@H](C)O3)[C@@H]2O)C[C@@H]1OC. The summed E-state index contributed by atoms with van der Waals surface area (Å²) in [6.45, 7) is 18.4. The van der Waals surface area contributed by atoms with Crippen molar-refractivity contribution in [2.45, 2.75) is 292 Å². The quantitative estimate of drug-likeness (QED) is 0.0103. The van der Waals surface area contributed by atoms with Crippen LogP contribution in [0.2, 0.25) is 0 Å². The van der Waals surface area contributed by atoms with Gasteiger partial charge in [0.15, 0.2) is 47.5 Å². The molecule has 2 bridgehead atoms. The van der Waals surface area contributed by atoms with Crippen molar-refractivity contribution in [2.75, 3.05) is 65.7 Å². The molecular formula is C90H126IN7O29S3. The van der Waals surface area contributed by atoms with Crippen molar-refractivity contribution >= 4 is 120 Å². The second-order valence-corrected chi connectivity index (χ2v) is 39.1. The van der Waals surface area contributed by atoms with Gasteiger partial charge in [-0.05, 0) is 165 Å². The molecule has 0 spiro atoms. The zero-order valence-electron chi connectivity index (χ0n) is 76.0. The Morgan fingerprint density at radius 2 is 1.49 bits per heavy atom. The second kappa shape index (κ2) is 50.8. The zero-order valence-corrected chi connectivity index (χ0v) is 80.6. The van der Waals surface area contributed by atoms with E-state index in [1.807, 2.05) is 36.4 Å². The number of carbonyl (C=O) groups excluding carboxylic acids is 9. The highest BCUT2D eigenvalue weighted by Gasteiger charge is 2.53. The number of carboxylic acid groups (broad SMARTS) is 1. The average molecular weight is 1990 g/mol. The van der Waals surface area contributed by atoms with Crippen molar-refractivity contribution in [2.24, 2.45) is 29.2 Å². The van der Waals surface area contributed by atoms with E-state index in [2.05, 4.69) is 45.1 Å². The molecule has 4 aliphatic heterocycles. The number of allylic oxidation sites excluding steroid dienone is 3. The van der Waals surface area contributed by atoms with E-state index in [4.69, 9.17) is 73.1 Å². The molecule has 6 aliphatic rings. The summed E-state index contributed by atoms with van der Waals surface area (Å²) in [6.07, 6.45) is -14.7. The van der Waals surface area contributed by atoms with Crippen LogP contribution in [0.1, 0.15) is 174 Å². The smallest absolute Gasteiger partial charge is 0.410 e. The highest BCUT2D eigenvalue weighted by Crippen LogP contribution is 2.50. The molecule has 0 saturated carbocycles. The van der Waals surface area contributed by atoms with Crippen molar-refractivity contribution in [3.8, 4) is 40.9 Å². The Morgan fingerprint density at radius 1 is 0.808 bits per heavy atom. The normalized spacial score (nSPS) is 28.1. The predicted octanol–water partition coefficient (Wildman–Crippen LogP) is 7.10. The Kier molecular flexibility index (Phi) is 42.2. The molecule has 2 aromatic carbocycles. The molecule has 2 aromatic rings. The van der Waals surface area contributed by atoms with Crippen LogP contribution in [0.4, 0.5) is 15.3 Å². The van der Waals surface area contributed by atoms with E-state index in [1.54, 1.807) is 78.8 Å². The average Bonchev–Trinajstić information content (AvgIpc) is 0.860. The van der Waals surface area contributed by atoms with Crippen molar-refractivity contribution in [3.63, 3.8) is 0 Å². The Bertz CT molecular complexity index is 4510. The molecule has 14 N–H and O–H groups in total. The lowest BCUT2D eigenvalue weighted by molar-refractivity contribution is -0.337. The number of benzene rings is 2. The van der Waals surface area contributed by atoms with Gasteiger partial charge in [0.05, 0.1) is 90.3 Å². The fourth-order valence-electron chi connectivity index (χ4n) is 16.1. The summed E-state index contributed by atoms with van der Waals surface area (Å²) < 4.78 is 74.3. The number of aliphatic hydroxyl groups excluding tert-OH is 4. The third-order valence-electron chi connectivity index (χ3n) is 23.1. The molecule has 720 valence electrons. The van der Waals surface area contributed by atoms with Gasteiger partial charge in [-0.2, -0.15) is 5.48 Å². The fourth-order valence-corrected chi connectivity index (χ4v) is 20.3. The number of likely N-dealkylation sites (N-methyl/N-ethyl adjacent to an activating group) is 1. The zero-order chi connectivity index (χ0) is 95.8. The Balaban J connectivity index is 1.01. The second-order valence-electron chi connectivity index (χ2n) is 33.8. The molecule has 4 saturated heterocycles. The number of carbonyl (C=O) groups is 10. The number of nitrogens with zero attached hydrogens (tertiary/aromatic N) is 1. The standard InChI is InChI=1S/C90H126IN7O29S3/c1-16-98(88(113)120-44-53-27-29-56(30-28-53)95-82(109)55(25-23-36-94-87(93)112)40-60(101)71(46(2)3)96-83(110)54(38-47(4)99)24-20-22-35-92)59-45-119-66(42-64(59)115-12)125-79-74(107)72(50(7)122-86(79)124-63-26-19-17-18-21-33-90(114)43-62(103)57(39-48(5)100)69(63)58(90)32-37-128-130-89(10,11)34-31-65(104)105)97-127-67-41-61(102)81(52(9)121-67)129-84(111)68-49(6)70(91)77(80(118-15)76(68)116-13)126-85-75(108)78(117-14)73(106)51(8)123-85/h17-18,27-30,32,46,50-52,54-55,59,61,63-64,66-67,71-75,78-79,81,85-86,97,102,106-108,114H,16,20,22-25,31,34-45,92H2,1-15H3,(H,95,109)(H,96,110)(H,104,105)(H3,93,94,112)/b18-17-,58-32+/t50-,51+,52-,54-,55-,59+,61+,63+,64+,66+,67+,71+,72-,73+,74+,75-,78-,79-,81-,85+,86+,90+/m1/s1. The summed E-state index contributed by atoms with van der Waals surface area (Å²) in [5.41, 5.74) is 13.1. The highest BCUT2D eigenvalue weighted by atomic mass is 127. The van der Waals surface area contributed by atoms with E-state index >= 15 is 0 Å². The molecular weight excluding hydrogens is 1870 g/mol. The number of thioether (sulfide) groups is 1. The number of urea groups is 1. The number of nitrogens with one attached hydrogen (secondary N) is 4. The molecule has 130 heavy (non-hydrogen) atoms. The molecule has 4 fully saturated rings. The first-order chi connectivity index (χ1) is 61.6. The van der Waals surface area contributed by atoms with Gasteiger partial charge in [-0.3, -0.25) is 38.4 Å². The van der Waals surface area contributed by atoms with Gasteiger partial charge in [0.1, 0.15) is 54.8 Å². The van der Waals surface area contributed by atoms with Gasteiger partial charge in [0, 0.05) is 111 Å². The maximum atomic E-state index is 14.7. The van der Waals surface area contributed by atoms with Gasteiger partial charge >= 0.3 is 18.1 Å². The summed E-state index contributed by atoms with van der Waals surface area (Å²) in [5, 5.41) is 75.8. The number of nitrogens with two attached hydrogens (primary N) is 2. The summed E-state index contributed by atoms with van der Waals surface area (Å²) in [7, 11) is 8.19. The van der Waals surface area contributed by atoms with Crippen molar-refractivity contribution in [3.05, 3.63) is 79.5 Å². The number of methoxy groups -OCH3 is 4. The largest absolute Gasteiger partial charge is 0.492 e. The third kappa shape index (κ3) is 29.3. The fraction of sp³-hybridized carbons (Fsp3) is 0.644. The number of carboxylic acids is 1. The summed E-state index contributed by atoms with van der Waals surface area (Å²) >= 11 is 2.75. The van der Waals surface area contributed by atoms with Crippen LogP contribution in [0, 0.1) is 51.9 Å². The van der Waals surface area contributed by atoms with Crippen LogP contribution in [0.25, 0.3) is 0 Å². The first-order valence-electron chi connectivity index (χ1n) is 43.3. The first-order valence-corrected chi connectivity index (χ1v) is 47.6. The molecule has 2 aliphatic carbocycles. The summed E-state index contributed by atoms with van der Waals surface area (Å²) in [5.74, 6) is 6.26. The number of primary amides is 1. The number of aliphatic carboxylic acids is 1. The van der Waals surface area contributed by atoms with Crippen LogP contribution in [0.3, 0.4) is 0 Å². The third-order valence-corrected chi connectivity index (χ3v) is 29.0. The van der Waals surface area contributed by atoms with E-state index in [-0.39, 0.29) is 128 Å². The number of hydrogen-bond donors (Lipinski definition) is 12. The number of halogens is 1. The minimum Gasteiger partial charge on any atom is -0.492 e. The Hall–Kier alpha value is -7.38. The van der Waals surface area contributed by atoms with Gasteiger partial charge in [-0.15, -0.1) is 0 Å². The number of unbranched alkanes of at least 4 members (excludes halogenated alkanes) is 1. The topological polar surface area (TPSA) is 515 Å². The number of aliphatic hydroxyl groups is 5. The number of amides is 5. The lowest BCUT2D eigenvalue weighted by atomic mass is 9.72. The maximum absolute atomic E-state index is 14.7. The van der Waals surface area contributed by atoms with Gasteiger partial charge in [0.25, 0.3) is 0 Å². The molecule has 40 heteroatoms. The Morgan fingerprint density at radius 3 is 2.12 bits per heavy atom. The summed E-state index contributed by atoms with van der Waals surface area (Å²) in [4.78, 5) is 142. The first kappa shape index (κ1) is 108. The minimum absolute atomic E-state index is 0.00489. The molecule has 22 atom stereocenters. The van der Waals surface area contributed by atoms with Gasteiger partial charge in [-0.1, -0.05) is 95.5 Å². The molecule has 8 rings (SSSR count). The van der Waals surface area contributed by atoms with Crippen molar-refractivity contribution in [1.82, 2.24) is 21.0 Å². The van der Waals surface area contributed by atoms with Gasteiger partial charge < -0.3 is 125 Å². The van der Waals surface area contributed by atoms with Crippen LogP contribution in [-0.4, -0.2) is 280 Å². The lowest BCUT2D eigenvalue weighted by Crippen LogP contribution is -2.65. The molecule has 4 heterocycles. The van der Waals surface area contributed by atoms with E-state index < -0.39 is 203 Å². The molecule has 0 unspecified atom stereocenters. The van der Waals surface area contributed by atoms with Crippen molar-refractivity contribution < 1.29 is 140 Å². The van der Waals surface area contributed by atoms with Crippen LogP contribution < -0.4 is 47.1 Å². The lowest BCUT2D eigenvalue weighted by Gasteiger charge is -2.47.